The van der Waals surface area contributed by atoms with Crippen LogP contribution in [0.3, 0.4) is 0 Å². The van der Waals surface area contributed by atoms with E-state index < -0.39 is 5.97 Å². The lowest BCUT2D eigenvalue weighted by Crippen LogP contribution is -2.14. The van der Waals surface area contributed by atoms with E-state index in [4.69, 9.17) is 10.1 Å². The molecule has 1 fully saturated rings. The number of hydrogen-bond donors (Lipinski definition) is 1. The number of rotatable bonds is 5. The first-order valence-electron chi connectivity index (χ1n) is 7.69. The van der Waals surface area contributed by atoms with Crippen molar-refractivity contribution in [2.75, 3.05) is 0 Å². The van der Waals surface area contributed by atoms with Gasteiger partial charge in [-0.1, -0.05) is 20.8 Å². The molecule has 0 unspecified atom stereocenters. The smallest absolute Gasteiger partial charge is 0.335 e. The predicted octanol–water partition coefficient (Wildman–Crippen LogP) is 4.05. The molecule has 0 aliphatic heterocycles. The summed E-state index contributed by atoms with van der Waals surface area (Å²) in [6.45, 7) is 7.53. The Morgan fingerprint density at radius 2 is 2.14 bits per heavy atom. The number of carboxylic acid groups (broad SMARTS) is 1. The number of aromatic nitrogens is 2. The third-order valence-electron chi connectivity index (χ3n) is 4.74. The molecule has 0 spiro atoms. The quantitative estimate of drug-likeness (QED) is 0.902. The van der Waals surface area contributed by atoms with Crippen molar-refractivity contribution in [1.82, 2.24) is 9.55 Å². The van der Waals surface area contributed by atoms with Crippen LogP contribution < -0.4 is 0 Å². The van der Waals surface area contributed by atoms with E-state index in [9.17, 15) is 4.79 Å². The van der Waals surface area contributed by atoms with Gasteiger partial charge >= 0.3 is 5.97 Å². The Kier molecular flexibility index (Phi) is 3.27. The third-order valence-corrected chi connectivity index (χ3v) is 4.74. The van der Waals surface area contributed by atoms with Crippen LogP contribution in [0.5, 0.6) is 0 Å². The standard InChI is InChI=1S/C17H22N2O2/c1-4-17(7-8-17)10-19-14-6-5-12(16(20)21)9-13(14)18-15(19)11(2)3/h5-6,9,11H,4,7-8,10H2,1-3H3,(H,20,21). The average molecular weight is 286 g/mol. The molecule has 4 nitrogen and oxygen atoms in total. The van der Waals surface area contributed by atoms with Crippen LogP contribution in [-0.2, 0) is 6.54 Å². The Morgan fingerprint density at radius 1 is 1.43 bits per heavy atom. The van der Waals surface area contributed by atoms with Gasteiger partial charge in [0, 0.05) is 12.5 Å². The number of nitrogens with zero attached hydrogens (tertiary/aromatic N) is 2. The van der Waals surface area contributed by atoms with Gasteiger partial charge in [0.15, 0.2) is 0 Å². The number of hydrogen-bond acceptors (Lipinski definition) is 2. The van der Waals surface area contributed by atoms with Gasteiger partial charge in [0.2, 0.25) is 0 Å². The molecule has 4 heteroatoms. The molecule has 1 N–H and O–H groups in total. The normalized spacial score (nSPS) is 16.6. The van der Waals surface area contributed by atoms with Crippen molar-refractivity contribution < 1.29 is 9.90 Å². The number of carboxylic acids is 1. The van der Waals surface area contributed by atoms with E-state index in [0.717, 1.165) is 23.4 Å². The molecule has 1 aromatic heterocycles. The summed E-state index contributed by atoms with van der Waals surface area (Å²) in [7, 11) is 0. The van der Waals surface area contributed by atoms with Crippen molar-refractivity contribution in [3.05, 3.63) is 29.6 Å². The van der Waals surface area contributed by atoms with Crippen molar-refractivity contribution in [3.8, 4) is 0 Å². The maximum atomic E-state index is 11.1. The maximum Gasteiger partial charge on any atom is 0.335 e. The van der Waals surface area contributed by atoms with Gasteiger partial charge in [0.1, 0.15) is 5.82 Å². The molecule has 1 heterocycles. The van der Waals surface area contributed by atoms with E-state index in [0.29, 0.717) is 16.9 Å². The molecule has 0 amide bonds. The summed E-state index contributed by atoms with van der Waals surface area (Å²) in [5.74, 6) is 0.496. The van der Waals surface area contributed by atoms with Gasteiger partial charge in [-0.05, 0) is 42.9 Å². The summed E-state index contributed by atoms with van der Waals surface area (Å²) in [6.07, 6.45) is 3.76. The van der Waals surface area contributed by atoms with Crippen LogP contribution in [0.2, 0.25) is 0 Å². The van der Waals surface area contributed by atoms with Crippen LogP contribution in [0.15, 0.2) is 18.2 Å². The minimum atomic E-state index is -0.898. The molecular weight excluding hydrogens is 264 g/mol. The number of imidazole rings is 1. The zero-order chi connectivity index (χ0) is 15.2. The summed E-state index contributed by atoms with van der Waals surface area (Å²) in [5, 5.41) is 9.13. The average Bonchev–Trinajstić information content (AvgIpc) is 3.13. The van der Waals surface area contributed by atoms with Crippen LogP contribution in [-0.4, -0.2) is 20.6 Å². The summed E-state index contributed by atoms with van der Waals surface area (Å²) in [5.41, 5.74) is 2.59. The van der Waals surface area contributed by atoms with Gasteiger partial charge in [-0.2, -0.15) is 0 Å². The Bertz CT molecular complexity index is 696. The topological polar surface area (TPSA) is 55.1 Å². The highest BCUT2D eigenvalue weighted by Crippen LogP contribution is 2.50. The summed E-state index contributed by atoms with van der Waals surface area (Å²) < 4.78 is 2.31. The minimum Gasteiger partial charge on any atom is -0.478 e. The van der Waals surface area contributed by atoms with Crippen molar-refractivity contribution in [1.29, 1.82) is 0 Å². The SMILES string of the molecule is CCC1(Cn2c(C(C)C)nc3cc(C(=O)O)ccc32)CC1. The van der Waals surface area contributed by atoms with Crippen molar-refractivity contribution >= 4 is 17.0 Å². The fourth-order valence-corrected chi connectivity index (χ4v) is 3.02. The molecule has 0 radical (unpaired) electrons. The van der Waals surface area contributed by atoms with Gasteiger partial charge in [0.25, 0.3) is 0 Å². The van der Waals surface area contributed by atoms with Crippen molar-refractivity contribution in [2.45, 2.75) is 52.5 Å². The monoisotopic (exact) mass is 286 g/mol. The zero-order valence-electron chi connectivity index (χ0n) is 12.9. The molecule has 112 valence electrons. The molecule has 1 aromatic carbocycles. The molecule has 2 aromatic rings. The summed E-state index contributed by atoms with van der Waals surface area (Å²) in [4.78, 5) is 15.8. The van der Waals surface area contributed by atoms with Crippen LogP contribution in [0.1, 0.15) is 62.1 Å². The maximum absolute atomic E-state index is 11.1. The molecule has 3 rings (SSSR count). The highest BCUT2D eigenvalue weighted by Gasteiger charge is 2.41. The first-order chi connectivity index (χ1) is 9.96. The van der Waals surface area contributed by atoms with E-state index >= 15 is 0 Å². The largest absolute Gasteiger partial charge is 0.478 e. The van der Waals surface area contributed by atoms with E-state index in [2.05, 4.69) is 25.3 Å². The predicted molar refractivity (Wildman–Crippen MR) is 82.7 cm³/mol. The fraction of sp³-hybridized carbons (Fsp3) is 0.529. The van der Waals surface area contributed by atoms with Crippen LogP contribution in [0.25, 0.3) is 11.0 Å². The molecule has 1 aliphatic rings. The summed E-state index contributed by atoms with van der Waals surface area (Å²) >= 11 is 0. The number of benzene rings is 1. The lowest BCUT2D eigenvalue weighted by Gasteiger charge is -2.18. The lowest BCUT2D eigenvalue weighted by molar-refractivity contribution is 0.0697. The fourth-order valence-electron chi connectivity index (χ4n) is 3.02. The molecule has 1 saturated carbocycles. The number of carbonyl (C=O) groups is 1. The number of aromatic carboxylic acids is 1. The molecule has 0 bridgehead atoms. The second-order valence-electron chi connectivity index (χ2n) is 6.57. The van der Waals surface area contributed by atoms with Gasteiger partial charge in [-0.3, -0.25) is 0 Å². The Labute approximate surface area is 124 Å². The molecule has 0 saturated heterocycles. The van der Waals surface area contributed by atoms with Crippen molar-refractivity contribution in [3.63, 3.8) is 0 Å². The first-order valence-corrected chi connectivity index (χ1v) is 7.69. The van der Waals surface area contributed by atoms with E-state index in [-0.39, 0.29) is 0 Å². The molecule has 0 atom stereocenters. The first kappa shape index (κ1) is 14.1. The van der Waals surface area contributed by atoms with Gasteiger partial charge in [0.05, 0.1) is 16.6 Å². The molecular formula is C17H22N2O2. The van der Waals surface area contributed by atoms with E-state index in [1.54, 1.807) is 12.1 Å². The van der Waals surface area contributed by atoms with E-state index in [1.807, 2.05) is 6.07 Å². The third kappa shape index (κ3) is 2.43. The number of fused-ring (bicyclic) bond motifs is 1. The second-order valence-corrected chi connectivity index (χ2v) is 6.57. The molecule has 21 heavy (non-hydrogen) atoms. The van der Waals surface area contributed by atoms with Gasteiger partial charge in [-0.15, -0.1) is 0 Å². The van der Waals surface area contributed by atoms with Crippen LogP contribution in [0, 0.1) is 5.41 Å². The minimum absolute atomic E-state index is 0.305. The van der Waals surface area contributed by atoms with Gasteiger partial charge in [-0.25, -0.2) is 9.78 Å². The van der Waals surface area contributed by atoms with Crippen LogP contribution in [0.4, 0.5) is 0 Å². The molecule has 1 aliphatic carbocycles. The Hall–Kier alpha value is -1.84. The summed E-state index contributed by atoms with van der Waals surface area (Å²) in [6, 6.07) is 5.27. The van der Waals surface area contributed by atoms with Crippen molar-refractivity contribution in [2.24, 2.45) is 5.41 Å². The zero-order valence-corrected chi connectivity index (χ0v) is 12.9. The van der Waals surface area contributed by atoms with Crippen LogP contribution >= 0.6 is 0 Å². The second kappa shape index (κ2) is 4.86. The van der Waals surface area contributed by atoms with Gasteiger partial charge < -0.3 is 9.67 Å². The Morgan fingerprint density at radius 3 is 2.67 bits per heavy atom. The highest BCUT2D eigenvalue weighted by atomic mass is 16.4. The van der Waals surface area contributed by atoms with E-state index in [1.165, 1.54) is 19.3 Å². The lowest BCUT2D eigenvalue weighted by atomic mass is 10.0. The highest BCUT2D eigenvalue weighted by molar-refractivity contribution is 5.92. The Balaban J connectivity index is 2.11.